The van der Waals surface area contributed by atoms with Gasteiger partial charge in [-0.15, -0.1) is 11.6 Å². The highest BCUT2D eigenvalue weighted by Crippen LogP contribution is 2.36. The van der Waals surface area contributed by atoms with Gasteiger partial charge in [0.05, 0.1) is 11.0 Å². The van der Waals surface area contributed by atoms with Gasteiger partial charge in [-0.1, -0.05) is 51.4 Å². The van der Waals surface area contributed by atoms with Crippen LogP contribution in [0.3, 0.4) is 0 Å². The van der Waals surface area contributed by atoms with Crippen LogP contribution in [0, 0.1) is 0 Å². The first kappa shape index (κ1) is 23.3. The molecule has 162 valence electrons. The van der Waals surface area contributed by atoms with E-state index in [1.54, 1.807) is 0 Å². The first-order chi connectivity index (χ1) is 14.1. The van der Waals surface area contributed by atoms with Crippen LogP contribution in [-0.4, -0.2) is 24.5 Å². The minimum absolute atomic E-state index is 0.237. The Balaban J connectivity index is 1.83. The van der Waals surface area contributed by atoms with Gasteiger partial charge < -0.3 is 4.43 Å². The third kappa shape index (κ3) is 4.77. The van der Waals surface area contributed by atoms with E-state index < -0.39 is 8.32 Å². The third-order valence-corrected chi connectivity index (χ3v) is 11.4. The molecule has 2 aromatic carbocycles. The number of alkyl halides is 1. The molecule has 0 radical (unpaired) electrons. The molecule has 1 heterocycles. The summed E-state index contributed by atoms with van der Waals surface area (Å²) in [5.74, 6) is 1.40. The molecule has 0 N–H and O–H groups in total. The highest BCUT2D eigenvalue weighted by atomic mass is 35.5. The number of hydrogen-bond acceptors (Lipinski definition) is 2. The summed E-state index contributed by atoms with van der Waals surface area (Å²) in [4.78, 5) is 4.81. The minimum atomic E-state index is -1.70. The standard InChI is InChI=1S/C24H32Cl2N2OSi/c1-7-23-27-21-14-18(16-25)20(26)15-22(21)28(23)19-10-8-17(9-11-19)12-13-29-30(5,6)24(2,3)4/h8-11,14-15H,7,12-13,16H2,1-6H3. The molecule has 3 nitrogen and oxygen atoms in total. The Morgan fingerprint density at radius 2 is 1.77 bits per heavy atom. The van der Waals surface area contributed by atoms with Gasteiger partial charge >= 0.3 is 0 Å². The van der Waals surface area contributed by atoms with E-state index >= 15 is 0 Å². The Hall–Kier alpha value is -1.33. The summed E-state index contributed by atoms with van der Waals surface area (Å²) in [6.07, 6.45) is 1.76. The molecule has 0 fully saturated rings. The Kier molecular flexibility index (Phi) is 7.03. The van der Waals surface area contributed by atoms with E-state index in [0.717, 1.165) is 47.6 Å². The summed E-state index contributed by atoms with van der Waals surface area (Å²) in [5, 5.41) is 0.918. The minimum Gasteiger partial charge on any atom is -0.416 e. The quantitative estimate of drug-likeness (QED) is 0.267. The lowest BCUT2D eigenvalue weighted by Crippen LogP contribution is -2.41. The van der Waals surface area contributed by atoms with Crippen molar-refractivity contribution in [2.75, 3.05) is 6.61 Å². The average Bonchev–Trinajstić information content (AvgIpc) is 3.04. The molecule has 0 aliphatic heterocycles. The van der Waals surface area contributed by atoms with Crippen LogP contribution < -0.4 is 0 Å². The third-order valence-electron chi connectivity index (χ3n) is 6.21. The van der Waals surface area contributed by atoms with Gasteiger partial charge in [-0.3, -0.25) is 4.57 Å². The van der Waals surface area contributed by atoms with E-state index in [1.807, 2.05) is 12.1 Å². The van der Waals surface area contributed by atoms with Gasteiger partial charge in [0.2, 0.25) is 0 Å². The van der Waals surface area contributed by atoms with Crippen LogP contribution in [0.4, 0.5) is 0 Å². The maximum atomic E-state index is 6.43. The lowest BCUT2D eigenvalue weighted by Gasteiger charge is -2.36. The number of aromatic nitrogens is 2. The molecule has 1 aromatic heterocycles. The van der Waals surface area contributed by atoms with Gasteiger partial charge in [-0.05, 0) is 59.9 Å². The monoisotopic (exact) mass is 462 g/mol. The van der Waals surface area contributed by atoms with Crippen molar-refractivity contribution in [1.29, 1.82) is 0 Å². The Bertz CT molecular complexity index is 1020. The molecule has 0 amide bonds. The highest BCUT2D eigenvalue weighted by Gasteiger charge is 2.36. The van der Waals surface area contributed by atoms with E-state index in [0.29, 0.717) is 10.9 Å². The Morgan fingerprint density at radius 3 is 2.33 bits per heavy atom. The molecular weight excluding hydrogens is 431 g/mol. The van der Waals surface area contributed by atoms with E-state index in [9.17, 15) is 0 Å². The van der Waals surface area contributed by atoms with Crippen LogP contribution in [-0.2, 0) is 23.1 Å². The predicted octanol–water partition coefficient (Wildman–Crippen LogP) is 7.54. The van der Waals surface area contributed by atoms with Crippen molar-refractivity contribution in [2.24, 2.45) is 0 Å². The van der Waals surface area contributed by atoms with Gasteiger partial charge in [-0.25, -0.2) is 4.98 Å². The van der Waals surface area contributed by atoms with Crippen molar-refractivity contribution >= 4 is 42.6 Å². The van der Waals surface area contributed by atoms with Crippen LogP contribution in [0.5, 0.6) is 0 Å². The van der Waals surface area contributed by atoms with E-state index in [1.165, 1.54) is 5.56 Å². The largest absolute Gasteiger partial charge is 0.416 e. The zero-order valence-corrected chi connectivity index (χ0v) is 21.4. The van der Waals surface area contributed by atoms with Crippen LogP contribution in [0.25, 0.3) is 16.7 Å². The molecule has 3 rings (SSSR count). The van der Waals surface area contributed by atoms with Crippen molar-refractivity contribution in [3.8, 4) is 5.69 Å². The van der Waals surface area contributed by atoms with Crippen LogP contribution in [0.1, 0.15) is 44.6 Å². The van der Waals surface area contributed by atoms with Gasteiger partial charge in [0, 0.05) is 29.6 Å². The topological polar surface area (TPSA) is 27.1 Å². The van der Waals surface area contributed by atoms with Gasteiger partial charge in [-0.2, -0.15) is 0 Å². The molecule has 0 atom stereocenters. The Labute approximate surface area is 191 Å². The van der Waals surface area contributed by atoms with Crippen molar-refractivity contribution in [3.05, 3.63) is 58.4 Å². The average molecular weight is 464 g/mol. The molecule has 3 aromatic rings. The van der Waals surface area contributed by atoms with Crippen molar-refractivity contribution in [2.45, 2.75) is 64.5 Å². The van der Waals surface area contributed by atoms with Gasteiger partial charge in [0.1, 0.15) is 5.82 Å². The molecule has 0 unspecified atom stereocenters. The van der Waals surface area contributed by atoms with Crippen molar-refractivity contribution in [3.63, 3.8) is 0 Å². The zero-order chi connectivity index (χ0) is 22.1. The summed E-state index contributed by atoms with van der Waals surface area (Å²) in [6.45, 7) is 14.3. The molecule has 0 aliphatic rings. The second-order valence-corrected chi connectivity index (χ2v) is 14.8. The number of imidazole rings is 1. The van der Waals surface area contributed by atoms with Crippen molar-refractivity contribution in [1.82, 2.24) is 9.55 Å². The number of fused-ring (bicyclic) bond motifs is 1. The summed E-state index contributed by atoms with van der Waals surface area (Å²) in [7, 11) is -1.70. The maximum absolute atomic E-state index is 6.43. The van der Waals surface area contributed by atoms with E-state index in [-0.39, 0.29) is 5.04 Å². The lowest BCUT2D eigenvalue weighted by molar-refractivity contribution is 0.292. The number of rotatable bonds is 7. The molecular formula is C24H32Cl2N2OSi. The predicted molar refractivity (Wildman–Crippen MR) is 132 cm³/mol. The molecule has 0 spiro atoms. The maximum Gasteiger partial charge on any atom is 0.191 e. The van der Waals surface area contributed by atoms with E-state index in [4.69, 9.17) is 32.6 Å². The molecule has 0 saturated carbocycles. The number of benzene rings is 2. The summed E-state index contributed by atoms with van der Waals surface area (Å²) >= 11 is 12.4. The number of aryl methyl sites for hydroxylation is 1. The molecule has 30 heavy (non-hydrogen) atoms. The fourth-order valence-corrected chi connectivity index (χ4v) is 4.83. The number of hydrogen-bond donors (Lipinski definition) is 0. The smallest absolute Gasteiger partial charge is 0.191 e. The fraction of sp³-hybridized carbons (Fsp3) is 0.458. The summed E-state index contributed by atoms with van der Waals surface area (Å²) < 4.78 is 8.52. The first-order valence-electron chi connectivity index (χ1n) is 10.6. The van der Waals surface area contributed by atoms with Gasteiger partial charge in [0.25, 0.3) is 0 Å². The van der Waals surface area contributed by atoms with Crippen molar-refractivity contribution < 1.29 is 4.43 Å². The highest BCUT2D eigenvalue weighted by molar-refractivity contribution is 6.74. The fourth-order valence-electron chi connectivity index (χ4n) is 3.27. The van der Waals surface area contributed by atoms with Crippen LogP contribution >= 0.6 is 23.2 Å². The van der Waals surface area contributed by atoms with Crippen LogP contribution in [0.2, 0.25) is 23.2 Å². The number of nitrogens with zero attached hydrogens (tertiary/aromatic N) is 2. The lowest BCUT2D eigenvalue weighted by atomic mass is 10.1. The number of halogens is 2. The molecule has 0 bridgehead atoms. The van der Waals surface area contributed by atoms with Gasteiger partial charge in [0.15, 0.2) is 8.32 Å². The SMILES string of the molecule is CCc1nc2cc(CCl)c(Cl)cc2n1-c1ccc(CCO[Si](C)(C)C(C)(C)C)cc1. The summed E-state index contributed by atoms with van der Waals surface area (Å²) in [6, 6.07) is 12.7. The normalized spacial score (nSPS) is 12.7. The molecule has 0 saturated heterocycles. The summed E-state index contributed by atoms with van der Waals surface area (Å²) in [5.41, 5.74) is 5.23. The van der Waals surface area contributed by atoms with Crippen LogP contribution in [0.15, 0.2) is 36.4 Å². The second kappa shape index (κ2) is 9.03. The zero-order valence-electron chi connectivity index (χ0n) is 18.9. The Morgan fingerprint density at radius 1 is 1.10 bits per heavy atom. The second-order valence-electron chi connectivity index (χ2n) is 9.31. The molecule has 0 aliphatic carbocycles. The van der Waals surface area contributed by atoms with E-state index in [2.05, 4.69) is 69.6 Å². The first-order valence-corrected chi connectivity index (χ1v) is 14.4. The molecule has 6 heteroatoms.